The standard InChI is InChI=1S/C21H19FN6/c22-18-6-1-2-7-19(18)27-8-10-28(11-9-27)21-13-20(24-15-25-21)26-17-5-3-4-16(12-17)14-23/h1-7,12-13,15H,8-11H2,(H,24,25,26). The Bertz CT molecular complexity index is 1010. The first-order valence-corrected chi connectivity index (χ1v) is 9.06. The predicted molar refractivity (Wildman–Crippen MR) is 107 cm³/mol. The van der Waals surface area contributed by atoms with Gasteiger partial charge in [-0.1, -0.05) is 18.2 Å². The van der Waals surface area contributed by atoms with E-state index in [1.165, 1.54) is 12.4 Å². The van der Waals surface area contributed by atoms with Crippen LogP contribution in [0.2, 0.25) is 0 Å². The van der Waals surface area contributed by atoms with Crippen LogP contribution in [-0.2, 0) is 0 Å². The molecule has 0 radical (unpaired) electrons. The first-order valence-electron chi connectivity index (χ1n) is 9.06. The van der Waals surface area contributed by atoms with Crippen LogP contribution in [0.3, 0.4) is 0 Å². The fourth-order valence-corrected chi connectivity index (χ4v) is 3.29. The lowest BCUT2D eigenvalue weighted by Gasteiger charge is -2.36. The second-order valence-electron chi connectivity index (χ2n) is 6.50. The van der Waals surface area contributed by atoms with Crippen molar-refractivity contribution in [3.05, 3.63) is 72.3 Å². The van der Waals surface area contributed by atoms with Crippen LogP contribution in [0.15, 0.2) is 60.9 Å². The van der Waals surface area contributed by atoms with Crippen molar-refractivity contribution in [3.8, 4) is 6.07 Å². The lowest BCUT2D eigenvalue weighted by molar-refractivity contribution is 0.596. The monoisotopic (exact) mass is 374 g/mol. The van der Waals surface area contributed by atoms with Crippen molar-refractivity contribution in [2.45, 2.75) is 0 Å². The highest BCUT2D eigenvalue weighted by Crippen LogP contribution is 2.23. The molecule has 28 heavy (non-hydrogen) atoms. The van der Waals surface area contributed by atoms with Crippen LogP contribution in [-0.4, -0.2) is 36.1 Å². The summed E-state index contributed by atoms with van der Waals surface area (Å²) < 4.78 is 14.0. The second kappa shape index (κ2) is 7.92. The van der Waals surface area contributed by atoms with Gasteiger partial charge in [-0.15, -0.1) is 0 Å². The van der Waals surface area contributed by atoms with Gasteiger partial charge in [-0.3, -0.25) is 0 Å². The zero-order valence-electron chi connectivity index (χ0n) is 15.2. The van der Waals surface area contributed by atoms with Crippen LogP contribution < -0.4 is 15.1 Å². The Kier molecular flexibility index (Phi) is 5.02. The Morgan fingerprint density at radius 1 is 0.929 bits per heavy atom. The summed E-state index contributed by atoms with van der Waals surface area (Å²) in [5, 5.41) is 12.2. The van der Waals surface area contributed by atoms with Crippen LogP contribution in [0.1, 0.15) is 5.56 Å². The quantitative estimate of drug-likeness (QED) is 0.753. The third-order valence-electron chi connectivity index (χ3n) is 4.71. The first-order chi connectivity index (χ1) is 13.7. The number of nitrogens with zero attached hydrogens (tertiary/aromatic N) is 5. The fraction of sp³-hybridized carbons (Fsp3) is 0.190. The van der Waals surface area contributed by atoms with E-state index in [0.29, 0.717) is 17.1 Å². The SMILES string of the molecule is N#Cc1cccc(Nc2cc(N3CCN(c4ccccc4F)CC3)ncn2)c1. The Balaban J connectivity index is 1.44. The van der Waals surface area contributed by atoms with Gasteiger partial charge in [0, 0.05) is 37.9 Å². The smallest absolute Gasteiger partial charge is 0.146 e. The number of piperazine rings is 1. The minimum atomic E-state index is -0.191. The van der Waals surface area contributed by atoms with Gasteiger partial charge in [0.25, 0.3) is 0 Å². The Hall–Kier alpha value is -3.66. The maximum Gasteiger partial charge on any atom is 0.146 e. The molecule has 0 bridgehead atoms. The highest BCUT2D eigenvalue weighted by atomic mass is 19.1. The van der Waals surface area contributed by atoms with E-state index >= 15 is 0 Å². The summed E-state index contributed by atoms with van der Waals surface area (Å²) in [5.41, 5.74) is 2.03. The minimum Gasteiger partial charge on any atom is -0.366 e. The van der Waals surface area contributed by atoms with E-state index in [-0.39, 0.29) is 5.82 Å². The molecule has 0 amide bonds. The molecule has 0 aliphatic carbocycles. The molecule has 4 rings (SSSR count). The van der Waals surface area contributed by atoms with E-state index in [1.807, 2.05) is 30.3 Å². The van der Waals surface area contributed by atoms with Gasteiger partial charge in [-0.25, -0.2) is 14.4 Å². The summed E-state index contributed by atoms with van der Waals surface area (Å²) in [6.07, 6.45) is 1.52. The van der Waals surface area contributed by atoms with Crippen molar-refractivity contribution in [1.82, 2.24) is 9.97 Å². The highest BCUT2D eigenvalue weighted by Gasteiger charge is 2.20. The molecule has 140 valence electrons. The molecule has 0 spiro atoms. The molecule has 1 aromatic heterocycles. The zero-order chi connectivity index (χ0) is 19.3. The van der Waals surface area contributed by atoms with E-state index in [9.17, 15) is 4.39 Å². The number of nitriles is 1. The summed E-state index contributed by atoms with van der Waals surface area (Å²) in [5.74, 6) is 1.29. The summed E-state index contributed by atoms with van der Waals surface area (Å²) >= 11 is 0. The van der Waals surface area contributed by atoms with Crippen LogP contribution in [0.25, 0.3) is 0 Å². The molecule has 7 heteroatoms. The van der Waals surface area contributed by atoms with Crippen molar-refractivity contribution >= 4 is 23.0 Å². The van der Waals surface area contributed by atoms with Crippen molar-refractivity contribution in [3.63, 3.8) is 0 Å². The van der Waals surface area contributed by atoms with Crippen molar-refractivity contribution in [1.29, 1.82) is 5.26 Å². The molecule has 0 saturated carbocycles. The molecule has 6 nitrogen and oxygen atoms in total. The topological polar surface area (TPSA) is 68.1 Å². The van der Waals surface area contributed by atoms with Gasteiger partial charge in [0.15, 0.2) is 0 Å². The number of anilines is 4. The maximum absolute atomic E-state index is 14.0. The molecular weight excluding hydrogens is 355 g/mol. The van der Waals surface area contributed by atoms with Gasteiger partial charge >= 0.3 is 0 Å². The van der Waals surface area contributed by atoms with Crippen molar-refractivity contribution in [2.24, 2.45) is 0 Å². The van der Waals surface area contributed by atoms with Crippen molar-refractivity contribution in [2.75, 3.05) is 41.3 Å². The van der Waals surface area contributed by atoms with Crippen LogP contribution in [0.5, 0.6) is 0 Å². The van der Waals surface area contributed by atoms with E-state index in [0.717, 1.165) is 37.7 Å². The third-order valence-corrected chi connectivity index (χ3v) is 4.71. The van der Waals surface area contributed by atoms with E-state index in [4.69, 9.17) is 5.26 Å². The summed E-state index contributed by atoms with van der Waals surface area (Å²) in [7, 11) is 0. The number of nitrogens with one attached hydrogen (secondary N) is 1. The molecule has 3 aromatic rings. The molecule has 1 N–H and O–H groups in total. The Labute approximate surface area is 162 Å². The van der Waals surface area contributed by atoms with Gasteiger partial charge in [-0.05, 0) is 30.3 Å². The molecule has 0 atom stereocenters. The number of benzene rings is 2. The highest BCUT2D eigenvalue weighted by molar-refractivity contribution is 5.61. The number of hydrogen-bond donors (Lipinski definition) is 1. The number of rotatable bonds is 4. The number of hydrogen-bond acceptors (Lipinski definition) is 6. The summed E-state index contributed by atoms with van der Waals surface area (Å²) in [6.45, 7) is 2.93. The van der Waals surface area contributed by atoms with Crippen molar-refractivity contribution < 1.29 is 4.39 Å². The van der Waals surface area contributed by atoms with E-state index in [2.05, 4.69) is 31.2 Å². The number of para-hydroxylation sites is 1. The largest absolute Gasteiger partial charge is 0.366 e. The van der Waals surface area contributed by atoms with Crippen LogP contribution in [0.4, 0.5) is 27.4 Å². The van der Waals surface area contributed by atoms with Gasteiger partial charge in [0.05, 0.1) is 17.3 Å². The zero-order valence-corrected chi connectivity index (χ0v) is 15.2. The second-order valence-corrected chi connectivity index (χ2v) is 6.50. The fourth-order valence-electron chi connectivity index (χ4n) is 3.29. The molecule has 1 aliphatic rings. The van der Waals surface area contributed by atoms with E-state index in [1.54, 1.807) is 18.2 Å². The Morgan fingerprint density at radius 3 is 2.50 bits per heavy atom. The lowest BCUT2D eigenvalue weighted by atomic mass is 10.2. The summed E-state index contributed by atoms with van der Waals surface area (Å²) in [4.78, 5) is 12.9. The normalized spacial score (nSPS) is 13.9. The van der Waals surface area contributed by atoms with Crippen LogP contribution >= 0.6 is 0 Å². The Morgan fingerprint density at radius 2 is 1.71 bits per heavy atom. The molecule has 0 unspecified atom stereocenters. The average Bonchev–Trinajstić information content (AvgIpc) is 2.75. The molecular formula is C21H19FN6. The summed E-state index contributed by atoms with van der Waals surface area (Å²) in [6, 6.07) is 18.1. The number of aromatic nitrogens is 2. The van der Waals surface area contributed by atoms with Gasteiger partial charge in [0.2, 0.25) is 0 Å². The number of halogens is 1. The molecule has 2 heterocycles. The van der Waals surface area contributed by atoms with Gasteiger partial charge in [-0.2, -0.15) is 5.26 Å². The minimum absolute atomic E-state index is 0.191. The van der Waals surface area contributed by atoms with Gasteiger partial charge in [0.1, 0.15) is 23.8 Å². The van der Waals surface area contributed by atoms with Gasteiger partial charge < -0.3 is 15.1 Å². The predicted octanol–water partition coefficient (Wildman–Crippen LogP) is 3.56. The van der Waals surface area contributed by atoms with Crippen LogP contribution in [0, 0.1) is 17.1 Å². The van der Waals surface area contributed by atoms with E-state index < -0.39 is 0 Å². The maximum atomic E-state index is 14.0. The molecule has 2 aromatic carbocycles. The average molecular weight is 374 g/mol. The molecule has 1 aliphatic heterocycles. The lowest BCUT2D eigenvalue weighted by Crippen LogP contribution is -2.47. The molecule has 1 saturated heterocycles. The third kappa shape index (κ3) is 3.86. The first kappa shape index (κ1) is 17.7. The molecule has 1 fully saturated rings.